The first-order valence-corrected chi connectivity index (χ1v) is 6.02. The second kappa shape index (κ2) is 3.57. The third kappa shape index (κ3) is 2.43. The standard InChI is InChI=1S/C7H7BrClNO2S/c1-4-2-5(8)7(6(9)3-4)13(10,11)12/h2-3H,1H3,(H2,10,11,12). The molecule has 0 spiro atoms. The average Bonchev–Trinajstić information content (AvgIpc) is 1.78. The van der Waals surface area contributed by atoms with E-state index < -0.39 is 10.0 Å². The Morgan fingerprint density at radius 1 is 1.46 bits per heavy atom. The fraction of sp³-hybridized carbons (Fsp3) is 0.143. The van der Waals surface area contributed by atoms with Crippen LogP contribution in [0.3, 0.4) is 0 Å². The first-order valence-electron chi connectivity index (χ1n) is 3.31. The Labute approximate surface area is 90.1 Å². The summed E-state index contributed by atoms with van der Waals surface area (Å²) >= 11 is 8.82. The maximum absolute atomic E-state index is 11.0. The van der Waals surface area contributed by atoms with Crippen LogP contribution >= 0.6 is 27.5 Å². The minimum atomic E-state index is -3.76. The van der Waals surface area contributed by atoms with Crippen molar-refractivity contribution in [1.82, 2.24) is 0 Å². The number of benzene rings is 1. The van der Waals surface area contributed by atoms with Crippen LogP contribution in [0.25, 0.3) is 0 Å². The van der Waals surface area contributed by atoms with Gasteiger partial charge in [0.25, 0.3) is 0 Å². The summed E-state index contributed by atoms with van der Waals surface area (Å²) in [6.07, 6.45) is 0. The zero-order valence-corrected chi connectivity index (χ0v) is 9.87. The van der Waals surface area contributed by atoms with Crippen molar-refractivity contribution >= 4 is 37.6 Å². The lowest BCUT2D eigenvalue weighted by atomic mass is 10.2. The third-order valence-corrected chi connectivity index (χ3v) is 3.73. The molecule has 0 unspecified atom stereocenters. The van der Waals surface area contributed by atoms with Crippen molar-refractivity contribution in [1.29, 1.82) is 0 Å². The lowest BCUT2D eigenvalue weighted by molar-refractivity contribution is 0.597. The number of hydrogen-bond donors (Lipinski definition) is 1. The number of halogens is 2. The second-order valence-electron chi connectivity index (χ2n) is 2.60. The Bertz CT molecular complexity index is 421. The van der Waals surface area contributed by atoms with Crippen LogP contribution < -0.4 is 5.14 Å². The summed E-state index contributed by atoms with van der Waals surface area (Å²) in [5.41, 5.74) is 0.865. The predicted octanol–water partition coefficient (Wildman–Crippen LogP) is 2.06. The largest absolute Gasteiger partial charge is 0.240 e. The molecular formula is C7H7BrClNO2S. The molecule has 0 bridgehead atoms. The SMILES string of the molecule is Cc1cc(Cl)c(S(N)(=O)=O)c(Br)c1. The molecule has 0 heterocycles. The molecular weight excluding hydrogens is 278 g/mol. The first-order chi connectivity index (χ1) is 5.82. The van der Waals surface area contributed by atoms with Crippen LogP contribution in [0, 0.1) is 6.92 Å². The van der Waals surface area contributed by atoms with Crippen molar-refractivity contribution in [2.45, 2.75) is 11.8 Å². The molecule has 0 fully saturated rings. The molecule has 6 heteroatoms. The Balaban J connectivity index is 3.57. The van der Waals surface area contributed by atoms with Crippen molar-refractivity contribution in [2.24, 2.45) is 5.14 Å². The van der Waals surface area contributed by atoms with Gasteiger partial charge in [-0.15, -0.1) is 0 Å². The zero-order chi connectivity index (χ0) is 10.2. The van der Waals surface area contributed by atoms with Crippen LogP contribution in [0.2, 0.25) is 5.02 Å². The molecule has 0 amide bonds. The highest BCUT2D eigenvalue weighted by Crippen LogP contribution is 2.29. The molecule has 1 rings (SSSR count). The summed E-state index contributed by atoms with van der Waals surface area (Å²) in [6.45, 7) is 1.81. The molecule has 0 aromatic heterocycles. The Morgan fingerprint density at radius 3 is 2.38 bits per heavy atom. The highest BCUT2D eigenvalue weighted by Gasteiger charge is 2.17. The van der Waals surface area contributed by atoms with E-state index >= 15 is 0 Å². The van der Waals surface area contributed by atoms with Gasteiger partial charge in [-0.1, -0.05) is 11.6 Å². The molecule has 2 N–H and O–H groups in total. The average molecular weight is 285 g/mol. The highest BCUT2D eigenvalue weighted by molar-refractivity contribution is 9.10. The number of primary sulfonamides is 1. The van der Waals surface area contributed by atoms with E-state index in [1.165, 1.54) is 0 Å². The van der Waals surface area contributed by atoms with Gasteiger partial charge in [0, 0.05) is 4.47 Å². The zero-order valence-electron chi connectivity index (χ0n) is 6.71. The first kappa shape index (κ1) is 11.0. The lowest BCUT2D eigenvalue weighted by Gasteiger charge is -2.05. The van der Waals surface area contributed by atoms with E-state index in [0.717, 1.165) is 5.56 Å². The molecule has 0 saturated heterocycles. The fourth-order valence-corrected chi connectivity index (χ4v) is 3.58. The molecule has 0 saturated carbocycles. The van der Waals surface area contributed by atoms with E-state index in [0.29, 0.717) is 4.47 Å². The van der Waals surface area contributed by atoms with Gasteiger partial charge in [-0.2, -0.15) is 0 Å². The maximum atomic E-state index is 11.0. The summed E-state index contributed by atoms with van der Waals surface area (Å²) in [7, 11) is -3.76. The van der Waals surface area contributed by atoms with Gasteiger partial charge >= 0.3 is 0 Å². The van der Waals surface area contributed by atoms with E-state index in [9.17, 15) is 8.42 Å². The van der Waals surface area contributed by atoms with Crippen LogP contribution in [0.1, 0.15) is 5.56 Å². The van der Waals surface area contributed by atoms with Gasteiger partial charge in [-0.3, -0.25) is 0 Å². The van der Waals surface area contributed by atoms with E-state index in [1.54, 1.807) is 12.1 Å². The Hall–Kier alpha value is -0.100. The molecule has 1 aromatic carbocycles. The van der Waals surface area contributed by atoms with Gasteiger partial charge in [-0.05, 0) is 40.5 Å². The minimum Gasteiger partial charge on any atom is -0.225 e. The molecule has 72 valence electrons. The highest BCUT2D eigenvalue weighted by atomic mass is 79.9. The van der Waals surface area contributed by atoms with Gasteiger partial charge in [0.05, 0.1) is 5.02 Å². The summed E-state index contributed by atoms with van der Waals surface area (Å²) < 4.78 is 22.5. The van der Waals surface area contributed by atoms with Crippen LogP contribution in [0.15, 0.2) is 21.5 Å². The Morgan fingerprint density at radius 2 is 2.00 bits per heavy atom. The van der Waals surface area contributed by atoms with Crippen molar-refractivity contribution in [3.8, 4) is 0 Å². The van der Waals surface area contributed by atoms with Gasteiger partial charge in [0.1, 0.15) is 4.90 Å². The summed E-state index contributed by atoms with van der Waals surface area (Å²) in [6, 6.07) is 3.19. The van der Waals surface area contributed by atoms with Crippen LogP contribution in [0.5, 0.6) is 0 Å². The quantitative estimate of drug-likeness (QED) is 0.858. The van der Waals surface area contributed by atoms with Gasteiger partial charge in [0.15, 0.2) is 0 Å². The summed E-state index contributed by atoms with van der Waals surface area (Å²) in [5.74, 6) is 0. The van der Waals surface area contributed by atoms with Crippen LogP contribution in [-0.2, 0) is 10.0 Å². The van der Waals surface area contributed by atoms with E-state index in [1.807, 2.05) is 6.92 Å². The second-order valence-corrected chi connectivity index (χ2v) is 5.36. The smallest absolute Gasteiger partial charge is 0.225 e. The van der Waals surface area contributed by atoms with Crippen molar-refractivity contribution < 1.29 is 8.42 Å². The third-order valence-electron chi connectivity index (χ3n) is 1.43. The molecule has 0 aliphatic rings. The number of nitrogens with two attached hydrogens (primary N) is 1. The Kier molecular flexibility index (Phi) is 3.01. The topological polar surface area (TPSA) is 60.2 Å². The van der Waals surface area contributed by atoms with Crippen LogP contribution in [-0.4, -0.2) is 8.42 Å². The van der Waals surface area contributed by atoms with Crippen LogP contribution in [0.4, 0.5) is 0 Å². The fourth-order valence-electron chi connectivity index (χ4n) is 0.958. The molecule has 1 aromatic rings. The summed E-state index contributed by atoms with van der Waals surface area (Å²) in [5, 5.41) is 5.10. The maximum Gasteiger partial charge on any atom is 0.240 e. The molecule has 13 heavy (non-hydrogen) atoms. The van der Waals surface area contributed by atoms with E-state index in [2.05, 4.69) is 15.9 Å². The predicted molar refractivity (Wildman–Crippen MR) is 55.3 cm³/mol. The van der Waals surface area contributed by atoms with Gasteiger partial charge in [-0.25, -0.2) is 13.6 Å². The lowest BCUT2D eigenvalue weighted by Crippen LogP contribution is -2.13. The minimum absolute atomic E-state index is 0.0697. The normalized spacial score (nSPS) is 11.7. The molecule has 3 nitrogen and oxygen atoms in total. The van der Waals surface area contributed by atoms with Gasteiger partial charge < -0.3 is 0 Å². The molecule has 0 radical (unpaired) electrons. The molecule has 0 aliphatic carbocycles. The number of sulfonamides is 1. The van der Waals surface area contributed by atoms with Gasteiger partial charge in [0.2, 0.25) is 10.0 Å². The van der Waals surface area contributed by atoms with E-state index in [-0.39, 0.29) is 9.92 Å². The summed E-state index contributed by atoms with van der Waals surface area (Å²) in [4.78, 5) is -0.0697. The molecule has 0 aliphatic heterocycles. The van der Waals surface area contributed by atoms with Crippen molar-refractivity contribution in [3.05, 3.63) is 27.2 Å². The monoisotopic (exact) mass is 283 g/mol. The number of rotatable bonds is 1. The molecule has 0 atom stereocenters. The number of aryl methyl sites for hydroxylation is 1. The number of hydrogen-bond acceptors (Lipinski definition) is 2. The van der Waals surface area contributed by atoms with E-state index in [4.69, 9.17) is 16.7 Å². The van der Waals surface area contributed by atoms with Crippen molar-refractivity contribution in [3.63, 3.8) is 0 Å². The van der Waals surface area contributed by atoms with Crippen molar-refractivity contribution in [2.75, 3.05) is 0 Å².